The summed E-state index contributed by atoms with van der Waals surface area (Å²) in [5, 5.41) is 19.5. The smallest absolute Gasteiger partial charge is 0.224 e. The lowest BCUT2D eigenvalue weighted by Gasteiger charge is -2.05. The third-order valence-corrected chi connectivity index (χ3v) is 2.58. The highest BCUT2D eigenvalue weighted by Gasteiger charge is 2.11. The quantitative estimate of drug-likeness (QED) is 0.544. The minimum Gasteiger partial charge on any atom is -0.508 e. The van der Waals surface area contributed by atoms with Crippen molar-refractivity contribution in [1.82, 2.24) is 15.0 Å². The molecule has 0 radical (unpaired) electrons. The van der Waals surface area contributed by atoms with Gasteiger partial charge in [0, 0.05) is 0 Å². The molecule has 88 valence electrons. The Hall–Kier alpha value is -2.02. The summed E-state index contributed by atoms with van der Waals surface area (Å²) in [7, 11) is 0. The van der Waals surface area contributed by atoms with E-state index in [1.54, 1.807) is 6.26 Å². The number of thioether (sulfide) groups is 1. The molecule has 0 atom stereocenters. The molecular formula is C10H10N4O2S. The predicted molar refractivity (Wildman–Crippen MR) is 64.8 cm³/mol. The van der Waals surface area contributed by atoms with Crippen LogP contribution in [-0.4, -0.2) is 31.4 Å². The molecule has 6 nitrogen and oxygen atoms in total. The Morgan fingerprint density at radius 3 is 2.65 bits per heavy atom. The summed E-state index contributed by atoms with van der Waals surface area (Å²) in [4.78, 5) is 11.9. The first-order valence-electron chi connectivity index (χ1n) is 4.68. The molecule has 0 saturated heterocycles. The van der Waals surface area contributed by atoms with Crippen molar-refractivity contribution >= 4 is 17.7 Å². The first-order valence-corrected chi connectivity index (χ1v) is 5.90. The third-order valence-electron chi connectivity index (χ3n) is 2.04. The number of nitrogen functional groups attached to an aromatic ring is 1. The van der Waals surface area contributed by atoms with Gasteiger partial charge in [-0.15, -0.1) is 0 Å². The second-order valence-electron chi connectivity index (χ2n) is 3.21. The van der Waals surface area contributed by atoms with Crippen molar-refractivity contribution in [2.24, 2.45) is 0 Å². The van der Waals surface area contributed by atoms with E-state index in [0.717, 1.165) is 0 Å². The topological polar surface area (TPSA) is 105 Å². The second kappa shape index (κ2) is 4.46. The average Bonchev–Trinajstić information content (AvgIpc) is 2.31. The molecule has 1 aromatic heterocycles. The molecule has 0 bridgehead atoms. The molecule has 0 fully saturated rings. The summed E-state index contributed by atoms with van der Waals surface area (Å²) < 4.78 is 0. The van der Waals surface area contributed by atoms with Crippen LogP contribution in [0.4, 0.5) is 5.95 Å². The van der Waals surface area contributed by atoms with Crippen LogP contribution in [0.3, 0.4) is 0 Å². The maximum atomic E-state index is 9.68. The summed E-state index contributed by atoms with van der Waals surface area (Å²) in [5.74, 6) is 0.292. The molecular weight excluding hydrogens is 240 g/mol. The number of nitrogens with two attached hydrogens (primary N) is 1. The molecule has 0 saturated carbocycles. The first kappa shape index (κ1) is 11.5. The SMILES string of the molecule is CSc1nc(N)nc(-c2cc(O)ccc2O)n1. The number of nitrogens with zero attached hydrogens (tertiary/aromatic N) is 3. The molecule has 0 aliphatic heterocycles. The zero-order valence-corrected chi connectivity index (χ0v) is 9.77. The fraction of sp³-hybridized carbons (Fsp3) is 0.100. The van der Waals surface area contributed by atoms with E-state index < -0.39 is 0 Å². The maximum absolute atomic E-state index is 9.68. The predicted octanol–water partition coefficient (Wildman–Crippen LogP) is 1.25. The molecule has 1 heterocycles. The number of anilines is 1. The average molecular weight is 250 g/mol. The van der Waals surface area contributed by atoms with Crippen LogP contribution < -0.4 is 5.73 Å². The standard InChI is InChI=1S/C10H10N4O2S/c1-17-10-13-8(12-9(11)14-10)6-4-5(15)2-3-7(6)16/h2-4,15-16H,1H3,(H2,11,12,13,14). The largest absolute Gasteiger partial charge is 0.508 e. The van der Waals surface area contributed by atoms with Gasteiger partial charge in [-0.1, -0.05) is 11.8 Å². The molecule has 0 unspecified atom stereocenters. The number of phenols is 2. The number of phenolic OH excluding ortho intramolecular Hbond substituents is 2. The first-order chi connectivity index (χ1) is 8.10. The Bertz CT molecular complexity index is 562. The molecule has 7 heteroatoms. The second-order valence-corrected chi connectivity index (χ2v) is 3.98. The lowest BCUT2D eigenvalue weighted by atomic mass is 10.2. The van der Waals surface area contributed by atoms with Gasteiger partial charge in [0.2, 0.25) is 5.95 Å². The van der Waals surface area contributed by atoms with Crippen LogP contribution in [0, 0.1) is 0 Å². The number of aromatic nitrogens is 3. The Balaban J connectivity index is 2.59. The highest BCUT2D eigenvalue weighted by Crippen LogP contribution is 2.30. The van der Waals surface area contributed by atoms with E-state index in [1.165, 1.54) is 30.0 Å². The van der Waals surface area contributed by atoms with Crippen LogP contribution in [-0.2, 0) is 0 Å². The van der Waals surface area contributed by atoms with Crippen molar-refractivity contribution in [2.75, 3.05) is 12.0 Å². The number of hydrogen-bond donors (Lipinski definition) is 3. The number of benzene rings is 1. The van der Waals surface area contributed by atoms with Crippen molar-refractivity contribution in [3.8, 4) is 22.9 Å². The van der Waals surface area contributed by atoms with Gasteiger partial charge in [0.15, 0.2) is 11.0 Å². The normalized spacial score (nSPS) is 10.4. The lowest BCUT2D eigenvalue weighted by Crippen LogP contribution is -2.01. The Morgan fingerprint density at radius 1 is 1.18 bits per heavy atom. The van der Waals surface area contributed by atoms with Gasteiger partial charge in [0.1, 0.15) is 11.5 Å². The molecule has 17 heavy (non-hydrogen) atoms. The van der Waals surface area contributed by atoms with Gasteiger partial charge < -0.3 is 15.9 Å². The third kappa shape index (κ3) is 2.39. The Morgan fingerprint density at radius 2 is 1.94 bits per heavy atom. The zero-order chi connectivity index (χ0) is 12.4. The van der Waals surface area contributed by atoms with Gasteiger partial charge in [-0.2, -0.15) is 9.97 Å². The van der Waals surface area contributed by atoms with E-state index in [-0.39, 0.29) is 23.3 Å². The van der Waals surface area contributed by atoms with Crippen molar-refractivity contribution in [1.29, 1.82) is 0 Å². The van der Waals surface area contributed by atoms with E-state index in [0.29, 0.717) is 10.7 Å². The van der Waals surface area contributed by atoms with Crippen LogP contribution in [0.2, 0.25) is 0 Å². The fourth-order valence-corrected chi connectivity index (χ4v) is 1.65. The molecule has 4 N–H and O–H groups in total. The Labute approximate surface area is 102 Å². The molecule has 0 aliphatic carbocycles. The number of hydrogen-bond acceptors (Lipinski definition) is 7. The van der Waals surface area contributed by atoms with Crippen molar-refractivity contribution in [3.63, 3.8) is 0 Å². The minimum absolute atomic E-state index is 0.0162. The summed E-state index contributed by atoms with van der Waals surface area (Å²) in [5.41, 5.74) is 5.86. The van der Waals surface area contributed by atoms with Crippen LogP contribution >= 0.6 is 11.8 Å². The van der Waals surface area contributed by atoms with Gasteiger partial charge in [-0.3, -0.25) is 0 Å². The van der Waals surface area contributed by atoms with E-state index in [4.69, 9.17) is 5.73 Å². The van der Waals surface area contributed by atoms with Crippen LogP contribution in [0.25, 0.3) is 11.4 Å². The highest BCUT2D eigenvalue weighted by molar-refractivity contribution is 7.98. The zero-order valence-electron chi connectivity index (χ0n) is 8.95. The summed E-state index contributed by atoms with van der Waals surface area (Å²) >= 11 is 1.32. The summed E-state index contributed by atoms with van der Waals surface area (Å²) in [6, 6.07) is 4.11. The monoisotopic (exact) mass is 250 g/mol. The summed E-state index contributed by atoms with van der Waals surface area (Å²) in [6.45, 7) is 0. The minimum atomic E-state index is -0.0274. The van der Waals surface area contributed by atoms with Crippen LogP contribution in [0.15, 0.2) is 23.4 Å². The van der Waals surface area contributed by atoms with Gasteiger partial charge >= 0.3 is 0 Å². The van der Waals surface area contributed by atoms with Crippen molar-refractivity contribution in [3.05, 3.63) is 18.2 Å². The van der Waals surface area contributed by atoms with Gasteiger partial charge in [0.25, 0.3) is 0 Å². The van der Waals surface area contributed by atoms with Crippen LogP contribution in [0.5, 0.6) is 11.5 Å². The van der Waals surface area contributed by atoms with E-state index in [2.05, 4.69) is 15.0 Å². The molecule has 0 spiro atoms. The van der Waals surface area contributed by atoms with Crippen molar-refractivity contribution in [2.45, 2.75) is 5.16 Å². The van der Waals surface area contributed by atoms with Gasteiger partial charge in [0.05, 0.1) is 5.56 Å². The number of aromatic hydroxyl groups is 2. The summed E-state index contributed by atoms with van der Waals surface area (Å²) in [6.07, 6.45) is 1.81. The van der Waals surface area contributed by atoms with Crippen LogP contribution in [0.1, 0.15) is 0 Å². The van der Waals surface area contributed by atoms with Crippen molar-refractivity contribution < 1.29 is 10.2 Å². The van der Waals surface area contributed by atoms with Gasteiger partial charge in [-0.25, -0.2) is 4.98 Å². The highest BCUT2D eigenvalue weighted by atomic mass is 32.2. The number of rotatable bonds is 2. The van der Waals surface area contributed by atoms with E-state index in [1.807, 2.05) is 0 Å². The lowest BCUT2D eigenvalue weighted by molar-refractivity contribution is 0.461. The van der Waals surface area contributed by atoms with E-state index >= 15 is 0 Å². The molecule has 2 rings (SSSR count). The maximum Gasteiger partial charge on any atom is 0.224 e. The molecule has 2 aromatic rings. The van der Waals surface area contributed by atoms with Gasteiger partial charge in [-0.05, 0) is 24.5 Å². The molecule has 1 aromatic carbocycles. The molecule has 0 aliphatic rings. The Kier molecular flexibility index (Phi) is 3.01. The van der Waals surface area contributed by atoms with E-state index in [9.17, 15) is 10.2 Å². The fourth-order valence-electron chi connectivity index (χ4n) is 1.29. The molecule has 0 amide bonds.